The molecule has 0 bridgehead atoms. The Morgan fingerprint density at radius 2 is 1.52 bits per heavy atom. The van der Waals surface area contributed by atoms with Crippen molar-refractivity contribution in [2.45, 2.75) is 32.8 Å². The molecule has 0 aliphatic rings. The van der Waals surface area contributed by atoms with E-state index in [1.807, 2.05) is 88.3 Å². The average Bonchev–Trinajstić information content (AvgIpc) is 2.67. The van der Waals surface area contributed by atoms with Crippen LogP contribution in [0.1, 0.15) is 37.5 Å². The van der Waals surface area contributed by atoms with Crippen LogP contribution in [-0.2, 0) is 20.7 Å². The summed E-state index contributed by atoms with van der Waals surface area (Å²) in [6.45, 7) is 5.92. The van der Waals surface area contributed by atoms with Gasteiger partial charge in [0, 0.05) is 30.9 Å². The van der Waals surface area contributed by atoms with Crippen LogP contribution in [-0.4, -0.2) is 32.1 Å². The van der Waals surface area contributed by atoms with Gasteiger partial charge in [-0.15, -0.1) is 0 Å². The van der Waals surface area contributed by atoms with Crippen LogP contribution in [0.4, 0.5) is 5.69 Å². The second kappa shape index (κ2) is 11.5. The molecule has 0 heterocycles. The summed E-state index contributed by atoms with van der Waals surface area (Å²) >= 11 is 0. The Morgan fingerprint density at radius 1 is 1.03 bits per heavy atom. The number of hydrogen-bond acceptors (Lipinski definition) is 5. The highest BCUT2D eigenvalue weighted by molar-refractivity contribution is 5.77. The van der Waals surface area contributed by atoms with E-state index in [0.29, 0.717) is 6.47 Å². The Hall–Kier alpha value is -3.30. The molecule has 154 valence electrons. The number of benzene rings is 2. The SMILES string of the molecule is CC(C)(C)OC=O.CN(C)c1ccc(C#Cc2ccc(CC(=O)NN)cc2)cc1. The highest BCUT2D eigenvalue weighted by atomic mass is 16.5. The number of carbonyl (C=O) groups excluding carboxylic acids is 2. The average molecular weight is 396 g/mol. The Bertz CT molecular complexity index is 840. The van der Waals surface area contributed by atoms with Gasteiger partial charge in [-0.1, -0.05) is 24.0 Å². The summed E-state index contributed by atoms with van der Waals surface area (Å²) in [4.78, 5) is 22.8. The van der Waals surface area contributed by atoms with Crippen LogP contribution < -0.4 is 16.2 Å². The van der Waals surface area contributed by atoms with Gasteiger partial charge < -0.3 is 9.64 Å². The van der Waals surface area contributed by atoms with E-state index in [1.54, 1.807) is 0 Å². The number of rotatable bonds is 4. The standard InChI is InChI=1S/C18H19N3O.C5H10O2/c1-21(2)17-11-9-15(10-12-17)4-3-14-5-7-16(8-6-14)13-18(22)20-19;1-5(2,3)7-4-6/h5-12H,13,19H2,1-2H3,(H,20,22);4H,1-3H3. The predicted octanol–water partition coefficient (Wildman–Crippen LogP) is 2.64. The minimum absolute atomic E-state index is 0.209. The van der Waals surface area contributed by atoms with Crippen LogP contribution in [0.3, 0.4) is 0 Å². The minimum Gasteiger partial charge on any atom is -0.462 e. The molecular weight excluding hydrogens is 366 g/mol. The molecule has 1 amide bonds. The first kappa shape index (κ1) is 23.7. The molecule has 6 nitrogen and oxygen atoms in total. The van der Waals surface area contributed by atoms with Crippen molar-refractivity contribution in [1.29, 1.82) is 0 Å². The van der Waals surface area contributed by atoms with E-state index in [0.717, 1.165) is 22.4 Å². The number of ether oxygens (including phenoxy) is 1. The maximum atomic E-state index is 11.2. The number of nitrogens with one attached hydrogen (secondary N) is 1. The number of nitrogens with zero attached hydrogens (tertiary/aromatic N) is 1. The second-order valence-electron chi connectivity index (χ2n) is 7.46. The summed E-state index contributed by atoms with van der Waals surface area (Å²) < 4.78 is 4.55. The van der Waals surface area contributed by atoms with E-state index in [4.69, 9.17) is 5.84 Å². The molecule has 2 aromatic rings. The summed E-state index contributed by atoms with van der Waals surface area (Å²) in [7, 11) is 4.01. The lowest BCUT2D eigenvalue weighted by atomic mass is 10.1. The van der Waals surface area contributed by atoms with Gasteiger partial charge in [-0.25, -0.2) is 5.84 Å². The van der Waals surface area contributed by atoms with Gasteiger partial charge in [0.05, 0.1) is 6.42 Å². The number of nitrogens with two attached hydrogens (primary N) is 1. The summed E-state index contributed by atoms with van der Waals surface area (Å²) in [5.74, 6) is 11.1. The quantitative estimate of drug-likeness (QED) is 0.273. The number of hydrazine groups is 1. The van der Waals surface area contributed by atoms with Crippen molar-refractivity contribution in [3.8, 4) is 11.8 Å². The first-order valence-corrected chi connectivity index (χ1v) is 9.14. The highest BCUT2D eigenvalue weighted by Gasteiger charge is 2.07. The van der Waals surface area contributed by atoms with Gasteiger partial charge >= 0.3 is 0 Å². The molecule has 0 saturated heterocycles. The molecule has 0 saturated carbocycles. The van der Waals surface area contributed by atoms with Crippen molar-refractivity contribution in [1.82, 2.24) is 5.43 Å². The molecule has 0 atom stereocenters. The molecule has 3 N–H and O–H groups in total. The van der Waals surface area contributed by atoms with Crippen LogP contribution in [0.2, 0.25) is 0 Å². The van der Waals surface area contributed by atoms with Gasteiger partial charge in [0.15, 0.2) is 0 Å². The summed E-state index contributed by atoms with van der Waals surface area (Å²) in [5.41, 5.74) is 5.73. The molecule has 29 heavy (non-hydrogen) atoms. The maximum Gasteiger partial charge on any atom is 0.293 e. The lowest BCUT2D eigenvalue weighted by Crippen LogP contribution is -2.31. The summed E-state index contributed by atoms with van der Waals surface area (Å²) in [6, 6.07) is 15.7. The zero-order valence-corrected chi connectivity index (χ0v) is 17.7. The molecule has 0 aliphatic carbocycles. The largest absolute Gasteiger partial charge is 0.462 e. The van der Waals surface area contributed by atoms with E-state index >= 15 is 0 Å². The van der Waals surface area contributed by atoms with Gasteiger partial charge in [0.2, 0.25) is 5.91 Å². The molecule has 0 aromatic heterocycles. The summed E-state index contributed by atoms with van der Waals surface area (Å²) in [5, 5.41) is 0. The molecule has 2 rings (SSSR count). The molecule has 6 heteroatoms. The van der Waals surface area contributed by atoms with Crippen LogP contribution in [0.25, 0.3) is 0 Å². The fourth-order valence-corrected chi connectivity index (χ4v) is 2.07. The summed E-state index contributed by atoms with van der Waals surface area (Å²) in [6.07, 6.45) is 0.274. The first-order chi connectivity index (χ1) is 13.6. The highest BCUT2D eigenvalue weighted by Crippen LogP contribution is 2.11. The third kappa shape index (κ3) is 9.99. The lowest BCUT2D eigenvalue weighted by Gasteiger charge is -2.14. The van der Waals surface area contributed by atoms with Gasteiger partial charge in [-0.3, -0.25) is 15.0 Å². The van der Waals surface area contributed by atoms with Crippen molar-refractivity contribution in [3.63, 3.8) is 0 Å². The predicted molar refractivity (Wildman–Crippen MR) is 116 cm³/mol. The fraction of sp³-hybridized carbons (Fsp3) is 0.304. The van der Waals surface area contributed by atoms with Crippen molar-refractivity contribution in [2.75, 3.05) is 19.0 Å². The molecule has 0 unspecified atom stereocenters. The Morgan fingerprint density at radius 3 is 1.86 bits per heavy atom. The monoisotopic (exact) mass is 395 g/mol. The minimum atomic E-state index is -0.318. The molecular formula is C23H29N3O3. The van der Waals surface area contributed by atoms with E-state index in [9.17, 15) is 9.59 Å². The molecule has 0 fully saturated rings. The molecule has 0 radical (unpaired) electrons. The lowest BCUT2D eigenvalue weighted by molar-refractivity contribution is -0.138. The fourth-order valence-electron chi connectivity index (χ4n) is 2.07. The van der Waals surface area contributed by atoms with Crippen LogP contribution in [0.5, 0.6) is 0 Å². The molecule has 0 aliphatic heterocycles. The van der Waals surface area contributed by atoms with Crippen molar-refractivity contribution in [3.05, 3.63) is 65.2 Å². The zero-order valence-electron chi connectivity index (χ0n) is 17.7. The van der Waals surface area contributed by atoms with Crippen LogP contribution >= 0.6 is 0 Å². The van der Waals surface area contributed by atoms with Crippen molar-refractivity contribution < 1.29 is 14.3 Å². The third-order valence-electron chi connectivity index (χ3n) is 3.62. The smallest absolute Gasteiger partial charge is 0.293 e. The Labute approximate surface area is 173 Å². The topological polar surface area (TPSA) is 84.7 Å². The van der Waals surface area contributed by atoms with E-state index in [2.05, 4.69) is 22.0 Å². The van der Waals surface area contributed by atoms with Gasteiger partial charge in [-0.05, 0) is 62.7 Å². The third-order valence-corrected chi connectivity index (χ3v) is 3.62. The van der Waals surface area contributed by atoms with Gasteiger partial charge in [-0.2, -0.15) is 0 Å². The van der Waals surface area contributed by atoms with E-state index in [1.165, 1.54) is 0 Å². The van der Waals surface area contributed by atoms with Crippen molar-refractivity contribution in [2.24, 2.45) is 5.84 Å². The van der Waals surface area contributed by atoms with Crippen molar-refractivity contribution >= 4 is 18.1 Å². The number of anilines is 1. The molecule has 2 aromatic carbocycles. The van der Waals surface area contributed by atoms with Gasteiger partial charge in [0.1, 0.15) is 5.60 Å². The van der Waals surface area contributed by atoms with Gasteiger partial charge in [0.25, 0.3) is 6.47 Å². The van der Waals surface area contributed by atoms with Crippen LogP contribution in [0, 0.1) is 11.8 Å². The zero-order chi connectivity index (χ0) is 21.9. The number of amides is 1. The number of hydrogen-bond donors (Lipinski definition) is 2. The normalized spacial score (nSPS) is 9.86. The first-order valence-electron chi connectivity index (χ1n) is 9.14. The van der Waals surface area contributed by atoms with Crippen LogP contribution in [0.15, 0.2) is 48.5 Å². The maximum absolute atomic E-state index is 11.2. The van der Waals surface area contributed by atoms with E-state index < -0.39 is 0 Å². The second-order valence-corrected chi connectivity index (χ2v) is 7.46. The Kier molecular flexibility index (Phi) is 9.43. The molecule has 0 spiro atoms. The number of carbonyl (C=O) groups is 2. The van der Waals surface area contributed by atoms with E-state index in [-0.39, 0.29) is 17.9 Å². The Balaban J connectivity index is 0.000000516.